The first kappa shape index (κ1) is 7.14. The Hall–Kier alpha value is -0.855. The average molecular weight is 105 g/mol. The van der Waals surface area contributed by atoms with Crippen molar-refractivity contribution in [2.24, 2.45) is 0 Å². The number of hydrogen-bond donors (Lipinski definition) is 0. The summed E-state index contributed by atoms with van der Waals surface area (Å²) in [6.07, 6.45) is 3.45. The molecule has 0 saturated carbocycles. The molecule has 0 aliphatic heterocycles. The Bertz CT molecular complexity index is 140. The van der Waals surface area contributed by atoms with Gasteiger partial charge in [-0.3, -0.25) is 0 Å². The number of aromatic nitrogens is 2. The van der Waals surface area contributed by atoms with Gasteiger partial charge in [-0.25, -0.2) is 9.97 Å². The zero-order valence-corrected chi connectivity index (χ0v) is 4.70. The van der Waals surface area contributed by atoms with E-state index in [1.54, 1.807) is 18.5 Å². The van der Waals surface area contributed by atoms with Crippen LogP contribution in [0.3, 0.4) is 0 Å². The van der Waals surface area contributed by atoms with Gasteiger partial charge in [-0.05, 0) is 13.0 Å². The van der Waals surface area contributed by atoms with Crippen molar-refractivity contribution in [3.63, 3.8) is 0 Å². The van der Waals surface area contributed by atoms with Crippen molar-refractivity contribution >= 4 is 8.41 Å². The molecule has 1 aromatic heterocycles. The summed E-state index contributed by atoms with van der Waals surface area (Å²) < 4.78 is 0. The molecule has 8 heavy (non-hydrogen) atoms. The van der Waals surface area contributed by atoms with Gasteiger partial charge in [0, 0.05) is 20.8 Å². The number of aryl methyl sites for hydroxylation is 1. The van der Waals surface area contributed by atoms with Gasteiger partial charge in [0.15, 0.2) is 0 Å². The van der Waals surface area contributed by atoms with Crippen LogP contribution in [0.2, 0.25) is 0 Å². The molecule has 2 nitrogen and oxygen atoms in total. The van der Waals surface area contributed by atoms with E-state index in [1.807, 2.05) is 6.92 Å². The molecule has 1 aromatic rings. The lowest BCUT2D eigenvalue weighted by Gasteiger charge is -1.81. The Morgan fingerprint density at radius 2 is 1.75 bits per heavy atom. The van der Waals surface area contributed by atoms with Crippen LogP contribution in [-0.4, -0.2) is 18.4 Å². The van der Waals surface area contributed by atoms with Crippen LogP contribution in [0.1, 0.15) is 5.82 Å². The lowest BCUT2D eigenvalue weighted by atomic mass is 10.6. The zero-order chi connectivity index (χ0) is 5.11. The molecule has 0 bridgehead atoms. The molecule has 0 aromatic carbocycles. The second-order valence-corrected chi connectivity index (χ2v) is 1.30. The second-order valence-electron chi connectivity index (χ2n) is 1.30. The van der Waals surface area contributed by atoms with Gasteiger partial charge in [0.05, 0.1) is 0 Å². The summed E-state index contributed by atoms with van der Waals surface area (Å²) in [4.78, 5) is 7.74. The molecule has 0 unspecified atom stereocenters. The normalized spacial score (nSPS) is 7.62. The van der Waals surface area contributed by atoms with Crippen LogP contribution in [0.15, 0.2) is 18.5 Å². The summed E-state index contributed by atoms with van der Waals surface area (Å²) in [5, 5.41) is 0. The third-order valence-electron chi connectivity index (χ3n) is 0.695. The molecule has 1 rings (SSSR count). The molecular weight excluding hydrogens is 98.9 g/mol. The van der Waals surface area contributed by atoms with Gasteiger partial charge in [-0.1, -0.05) is 0 Å². The van der Waals surface area contributed by atoms with E-state index in [9.17, 15) is 0 Å². The van der Waals surface area contributed by atoms with Crippen LogP contribution in [-0.2, 0) is 0 Å². The minimum Gasteiger partial charge on any atom is -0.242 e. The molecule has 1 heterocycles. The van der Waals surface area contributed by atoms with E-state index in [1.165, 1.54) is 0 Å². The summed E-state index contributed by atoms with van der Waals surface area (Å²) in [6.45, 7) is 1.86. The minimum absolute atomic E-state index is 0. The van der Waals surface area contributed by atoms with Gasteiger partial charge in [-0.15, -0.1) is 0 Å². The standard InChI is InChI=1S/C5H6N2.B/c1-5-6-3-2-4-7-5;/h2-4H,1H3;. The molecular formula is C5H6BN2. The third kappa shape index (κ3) is 1.73. The predicted octanol–water partition coefficient (Wildman–Crippen LogP) is 0.404. The molecule has 39 valence electrons. The van der Waals surface area contributed by atoms with Gasteiger partial charge in [-0.2, -0.15) is 0 Å². The summed E-state index contributed by atoms with van der Waals surface area (Å²) in [5.41, 5.74) is 0. The molecule has 0 N–H and O–H groups in total. The lowest BCUT2D eigenvalue weighted by molar-refractivity contribution is 1.05. The maximum Gasteiger partial charge on any atom is 0.125 e. The van der Waals surface area contributed by atoms with Crippen LogP contribution in [0.5, 0.6) is 0 Å². The molecule has 0 spiro atoms. The number of rotatable bonds is 0. The van der Waals surface area contributed by atoms with Crippen molar-refractivity contribution in [3.05, 3.63) is 24.3 Å². The topological polar surface area (TPSA) is 25.8 Å². The quantitative estimate of drug-likeness (QED) is 0.446. The maximum atomic E-state index is 3.87. The van der Waals surface area contributed by atoms with Gasteiger partial charge in [0.2, 0.25) is 0 Å². The fraction of sp³-hybridized carbons (Fsp3) is 0.200. The highest BCUT2D eigenvalue weighted by molar-refractivity contribution is 5.75. The van der Waals surface area contributed by atoms with Crippen molar-refractivity contribution in [2.75, 3.05) is 0 Å². The Labute approximate surface area is 50.6 Å². The van der Waals surface area contributed by atoms with E-state index in [-0.39, 0.29) is 8.41 Å². The Kier molecular flexibility index (Phi) is 2.85. The monoisotopic (exact) mass is 105 g/mol. The highest BCUT2D eigenvalue weighted by Crippen LogP contribution is 1.78. The molecule has 3 heteroatoms. The average Bonchev–Trinajstić information content (AvgIpc) is 1.69. The van der Waals surface area contributed by atoms with Crippen molar-refractivity contribution in [1.82, 2.24) is 9.97 Å². The van der Waals surface area contributed by atoms with E-state index in [2.05, 4.69) is 9.97 Å². The summed E-state index contributed by atoms with van der Waals surface area (Å²) in [6, 6.07) is 1.80. The molecule has 0 aliphatic carbocycles. The SMILES string of the molecule is Cc1ncccn1.[B]. The molecule has 3 radical (unpaired) electrons. The van der Waals surface area contributed by atoms with Crippen molar-refractivity contribution in [1.29, 1.82) is 0 Å². The van der Waals surface area contributed by atoms with Crippen molar-refractivity contribution < 1.29 is 0 Å². The van der Waals surface area contributed by atoms with Crippen LogP contribution in [0.4, 0.5) is 0 Å². The molecule has 0 atom stereocenters. The first-order valence-electron chi connectivity index (χ1n) is 2.13. The van der Waals surface area contributed by atoms with Crippen LogP contribution in [0.25, 0.3) is 0 Å². The van der Waals surface area contributed by atoms with Gasteiger partial charge < -0.3 is 0 Å². The fourth-order valence-electron chi connectivity index (χ4n) is 0.374. The maximum absolute atomic E-state index is 3.87. The Balaban J connectivity index is 0.000000490. The highest BCUT2D eigenvalue weighted by Gasteiger charge is 1.74. The largest absolute Gasteiger partial charge is 0.242 e. The van der Waals surface area contributed by atoms with Gasteiger partial charge in [0.1, 0.15) is 5.82 Å². The van der Waals surface area contributed by atoms with Gasteiger partial charge in [0.25, 0.3) is 0 Å². The summed E-state index contributed by atoms with van der Waals surface area (Å²) in [5.74, 6) is 0.822. The lowest BCUT2D eigenvalue weighted by Crippen LogP contribution is -1.80. The molecule has 0 amide bonds. The second kappa shape index (κ2) is 3.19. The fourth-order valence-corrected chi connectivity index (χ4v) is 0.374. The van der Waals surface area contributed by atoms with Crippen LogP contribution < -0.4 is 0 Å². The van der Waals surface area contributed by atoms with E-state index in [4.69, 9.17) is 0 Å². The molecule has 0 aliphatic rings. The predicted molar refractivity (Wildman–Crippen MR) is 32.5 cm³/mol. The van der Waals surface area contributed by atoms with E-state index >= 15 is 0 Å². The van der Waals surface area contributed by atoms with Crippen LogP contribution >= 0.6 is 0 Å². The van der Waals surface area contributed by atoms with Gasteiger partial charge >= 0.3 is 0 Å². The van der Waals surface area contributed by atoms with E-state index in [0.29, 0.717) is 0 Å². The molecule has 0 fully saturated rings. The Morgan fingerprint density at radius 1 is 1.25 bits per heavy atom. The van der Waals surface area contributed by atoms with Crippen LogP contribution in [0, 0.1) is 6.92 Å². The first-order valence-corrected chi connectivity index (χ1v) is 2.13. The third-order valence-corrected chi connectivity index (χ3v) is 0.695. The van der Waals surface area contributed by atoms with Crippen molar-refractivity contribution in [3.8, 4) is 0 Å². The highest BCUT2D eigenvalue weighted by atomic mass is 14.8. The minimum atomic E-state index is 0. The number of nitrogens with zero attached hydrogens (tertiary/aromatic N) is 2. The summed E-state index contributed by atoms with van der Waals surface area (Å²) >= 11 is 0. The molecule has 0 saturated heterocycles. The van der Waals surface area contributed by atoms with E-state index in [0.717, 1.165) is 5.82 Å². The summed E-state index contributed by atoms with van der Waals surface area (Å²) in [7, 11) is 0. The number of hydrogen-bond acceptors (Lipinski definition) is 2. The van der Waals surface area contributed by atoms with Crippen molar-refractivity contribution in [2.45, 2.75) is 6.92 Å². The first-order chi connectivity index (χ1) is 3.39. The zero-order valence-electron chi connectivity index (χ0n) is 4.70. The van der Waals surface area contributed by atoms with E-state index < -0.39 is 0 Å². The smallest absolute Gasteiger partial charge is 0.125 e. The Morgan fingerprint density at radius 3 is 2.00 bits per heavy atom.